The molecule has 0 unspecified atom stereocenters. The monoisotopic (exact) mass is 286 g/mol. The third-order valence-corrected chi connectivity index (χ3v) is 2.91. The van der Waals surface area contributed by atoms with E-state index < -0.39 is 0 Å². The summed E-state index contributed by atoms with van der Waals surface area (Å²) >= 11 is 0. The van der Waals surface area contributed by atoms with Gasteiger partial charge in [-0.25, -0.2) is 15.0 Å². The molecule has 0 bridgehead atoms. The molecule has 0 aliphatic rings. The van der Waals surface area contributed by atoms with E-state index in [2.05, 4.69) is 27.2 Å². The van der Waals surface area contributed by atoms with Gasteiger partial charge in [-0.15, -0.1) is 0 Å². The van der Waals surface area contributed by atoms with Crippen molar-refractivity contribution in [3.05, 3.63) is 41.5 Å². The van der Waals surface area contributed by atoms with Gasteiger partial charge in [-0.1, -0.05) is 13.0 Å². The number of aryl methyl sites for hydroxylation is 2. The lowest BCUT2D eigenvalue weighted by atomic mass is 10.2. The molecule has 0 radical (unpaired) electrons. The number of anilines is 1. The van der Waals surface area contributed by atoms with E-state index in [1.165, 1.54) is 0 Å². The lowest BCUT2D eigenvalue weighted by molar-refractivity contribution is 0.230. The molecule has 2 heterocycles. The second-order valence-electron chi connectivity index (χ2n) is 5.13. The molecule has 0 fully saturated rings. The molecular formula is C16H22N4O. The van der Waals surface area contributed by atoms with Gasteiger partial charge in [0.25, 0.3) is 0 Å². The standard InChI is InChI=1S/C16H22N4O/c1-5-14-9-15(20-12(4)19-14)18-10-13-7-6-8-17-16(13)21-11(2)3/h6-9,11H,5,10H2,1-4H3,(H,18,19,20). The van der Waals surface area contributed by atoms with Crippen molar-refractivity contribution in [2.45, 2.75) is 46.8 Å². The van der Waals surface area contributed by atoms with Crippen LogP contribution in [0.1, 0.15) is 37.9 Å². The van der Waals surface area contributed by atoms with Gasteiger partial charge in [0.1, 0.15) is 11.6 Å². The second kappa shape index (κ2) is 7.02. The molecule has 0 aromatic carbocycles. The fourth-order valence-electron chi connectivity index (χ4n) is 1.98. The molecule has 0 amide bonds. The Labute approximate surface area is 125 Å². The minimum absolute atomic E-state index is 0.103. The van der Waals surface area contributed by atoms with Crippen LogP contribution in [0.25, 0.3) is 0 Å². The Bertz CT molecular complexity index is 599. The zero-order chi connectivity index (χ0) is 15.2. The van der Waals surface area contributed by atoms with E-state index in [-0.39, 0.29) is 6.10 Å². The highest BCUT2D eigenvalue weighted by molar-refractivity contribution is 5.38. The van der Waals surface area contributed by atoms with E-state index in [4.69, 9.17) is 4.74 Å². The maximum absolute atomic E-state index is 5.72. The van der Waals surface area contributed by atoms with Gasteiger partial charge in [0, 0.05) is 30.1 Å². The number of ether oxygens (including phenoxy) is 1. The highest BCUT2D eigenvalue weighted by Crippen LogP contribution is 2.17. The summed E-state index contributed by atoms with van der Waals surface area (Å²) in [7, 11) is 0. The van der Waals surface area contributed by atoms with Crippen molar-refractivity contribution >= 4 is 5.82 Å². The predicted molar refractivity (Wildman–Crippen MR) is 83.5 cm³/mol. The molecule has 5 heteroatoms. The van der Waals surface area contributed by atoms with Crippen molar-refractivity contribution in [2.75, 3.05) is 5.32 Å². The maximum Gasteiger partial charge on any atom is 0.218 e. The van der Waals surface area contributed by atoms with Gasteiger partial charge in [-0.3, -0.25) is 0 Å². The first-order valence-electron chi connectivity index (χ1n) is 7.27. The summed E-state index contributed by atoms with van der Waals surface area (Å²) in [5.74, 6) is 2.28. The molecule has 0 saturated carbocycles. The van der Waals surface area contributed by atoms with Crippen molar-refractivity contribution in [1.82, 2.24) is 15.0 Å². The number of nitrogens with zero attached hydrogens (tertiary/aromatic N) is 3. The van der Waals surface area contributed by atoms with E-state index in [0.29, 0.717) is 12.4 Å². The van der Waals surface area contributed by atoms with E-state index in [1.807, 2.05) is 39.0 Å². The van der Waals surface area contributed by atoms with Gasteiger partial charge < -0.3 is 10.1 Å². The molecule has 0 aliphatic carbocycles. The quantitative estimate of drug-likeness (QED) is 0.884. The molecule has 21 heavy (non-hydrogen) atoms. The summed E-state index contributed by atoms with van der Waals surface area (Å²) in [5.41, 5.74) is 2.05. The van der Waals surface area contributed by atoms with Crippen LogP contribution in [0.2, 0.25) is 0 Å². The van der Waals surface area contributed by atoms with Gasteiger partial charge in [0.2, 0.25) is 5.88 Å². The van der Waals surface area contributed by atoms with Gasteiger partial charge >= 0.3 is 0 Å². The van der Waals surface area contributed by atoms with Crippen LogP contribution in [0.5, 0.6) is 5.88 Å². The molecule has 0 saturated heterocycles. The van der Waals surface area contributed by atoms with Crippen molar-refractivity contribution in [1.29, 1.82) is 0 Å². The van der Waals surface area contributed by atoms with Crippen LogP contribution in [-0.2, 0) is 13.0 Å². The first kappa shape index (κ1) is 15.2. The molecule has 5 nitrogen and oxygen atoms in total. The van der Waals surface area contributed by atoms with Crippen molar-refractivity contribution < 1.29 is 4.74 Å². The van der Waals surface area contributed by atoms with Crippen LogP contribution < -0.4 is 10.1 Å². The number of rotatable bonds is 6. The van der Waals surface area contributed by atoms with Crippen LogP contribution in [0.3, 0.4) is 0 Å². The number of hydrogen-bond acceptors (Lipinski definition) is 5. The van der Waals surface area contributed by atoms with Gasteiger partial charge in [-0.2, -0.15) is 0 Å². The average molecular weight is 286 g/mol. The number of pyridine rings is 1. The van der Waals surface area contributed by atoms with E-state index in [9.17, 15) is 0 Å². The summed E-state index contributed by atoms with van der Waals surface area (Å²) in [6.45, 7) is 8.60. The third kappa shape index (κ3) is 4.41. The van der Waals surface area contributed by atoms with Crippen LogP contribution in [0.4, 0.5) is 5.82 Å². The van der Waals surface area contributed by atoms with Crippen molar-refractivity contribution in [3.63, 3.8) is 0 Å². The summed E-state index contributed by atoms with van der Waals surface area (Å²) < 4.78 is 5.72. The highest BCUT2D eigenvalue weighted by Gasteiger charge is 2.07. The minimum atomic E-state index is 0.103. The molecule has 1 N–H and O–H groups in total. The van der Waals surface area contributed by atoms with E-state index in [0.717, 1.165) is 29.3 Å². The fraction of sp³-hybridized carbons (Fsp3) is 0.438. The van der Waals surface area contributed by atoms with E-state index >= 15 is 0 Å². The first-order chi connectivity index (χ1) is 10.1. The molecule has 0 atom stereocenters. The van der Waals surface area contributed by atoms with Gasteiger partial charge in [-0.05, 0) is 33.3 Å². The third-order valence-electron chi connectivity index (χ3n) is 2.91. The van der Waals surface area contributed by atoms with Crippen LogP contribution in [0.15, 0.2) is 24.4 Å². The Hall–Kier alpha value is -2.17. The Kier molecular flexibility index (Phi) is 5.09. The Morgan fingerprint density at radius 1 is 1.29 bits per heavy atom. The Morgan fingerprint density at radius 3 is 2.81 bits per heavy atom. The van der Waals surface area contributed by atoms with Gasteiger partial charge in [0.15, 0.2) is 0 Å². The largest absolute Gasteiger partial charge is 0.475 e. The minimum Gasteiger partial charge on any atom is -0.475 e. The Morgan fingerprint density at radius 2 is 2.10 bits per heavy atom. The summed E-state index contributed by atoms with van der Waals surface area (Å²) in [6.07, 6.45) is 2.74. The van der Waals surface area contributed by atoms with Crippen molar-refractivity contribution in [3.8, 4) is 5.88 Å². The molecule has 0 spiro atoms. The average Bonchev–Trinajstić information content (AvgIpc) is 2.45. The van der Waals surface area contributed by atoms with E-state index in [1.54, 1.807) is 6.20 Å². The maximum atomic E-state index is 5.72. The van der Waals surface area contributed by atoms with Gasteiger partial charge in [0.05, 0.1) is 6.10 Å². The van der Waals surface area contributed by atoms with Crippen LogP contribution >= 0.6 is 0 Å². The van der Waals surface area contributed by atoms with Crippen LogP contribution in [-0.4, -0.2) is 21.1 Å². The first-order valence-corrected chi connectivity index (χ1v) is 7.27. The lowest BCUT2D eigenvalue weighted by Crippen LogP contribution is -2.11. The predicted octanol–water partition coefficient (Wildman–Crippen LogP) is 3.14. The Balaban J connectivity index is 2.11. The molecule has 2 rings (SSSR count). The SMILES string of the molecule is CCc1cc(NCc2cccnc2OC(C)C)nc(C)n1. The summed E-state index contributed by atoms with van der Waals surface area (Å²) in [6, 6.07) is 5.89. The number of aromatic nitrogens is 3. The molecule has 2 aromatic heterocycles. The number of hydrogen-bond donors (Lipinski definition) is 1. The molecular weight excluding hydrogens is 264 g/mol. The highest BCUT2D eigenvalue weighted by atomic mass is 16.5. The topological polar surface area (TPSA) is 59.9 Å². The second-order valence-corrected chi connectivity index (χ2v) is 5.13. The lowest BCUT2D eigenvalue weighted by Gasteiger charge is -2.13. The smallest absolute Gasteiger partial charge is 0.218 e. The fourth-order valence-corrected chi connectivity index (χ4v) is 1.98. The zero-order valence-electron chi connectivity index (χ0n) is 13.1. The van der Waals surface area contributed by atoms with Crippen molar-refractivity contribution in [2.24, 2.45) is 0 Å². The number of nitrogens with one attached hydrogen (secondary N) is 1. The molecule has 112 valence electrons. The molecule has 2 aromatic rings. The summed E-state index contributed by atoms with van der Waals surface area (Å²) in [4.78, 5) is 13.1. The zero-order valence-corrected chi connectivity index (χ0v) is 13.1. The van der Waals surface area contributed by atoms with Crippen LogP contribution in [0, 0.1) is 6.92 Å². The molecule has 0 aliphatic heterocycles. The summed E-state index contributed by atoms with van der Waals surface area (Å²) in [5, 5.41) is 3.32. The normalized spacial score (nSPS) is 10.7.